The molecule has 0 spiro atoms. The van der Waals surface area contributed by atoms with Gasteiger partial charge in [-0.05, 0) is 79.9 Å². The van der Waals surface area contributed by atoms with Crippen molar-refractivity contribution in [2.24, 2.45) is 0 Å². The van der Waals surface area contributed by atoms with Crippen LogP contribution in [-0.2, 0) is 6.42 Å². The Morgan fingerprint density at radius 3 is 2.22 bits per heavy atom. The third-order valence-electron chi connectivity index (χ3n) is 6.67. The van der Waals surface area contributed by atoms with Crippen LogP contribution in [0.15, 0.2) is 72.8 Å². The zero-order valence-corrected chi connectivity index (χ0v) is 21.4. The normalized spacial score (nSPS) is 14.3. The molecule has 6 heteroatoms. The number of anilines is 2. The van der Waals surface area contributed by atoms with Crippen molar-refractivity contribution in [3.8, 4) is 5.75 Å². The van der Waals surface area contributed by atoms with Gasteiger partial charge in [-0.15, -0.1) is 0 Å². The van der Waals surface area contributed by atoms with Gasteiger partial charge in [-0.1, -0.05) is 32.0 Å². The summed E-state index contributed by atoms with van der Waals surface area (Å²) in [5.74, 6) is 0.619. The zero-order chi connectivity index (χ0) is 25.5. The van der Waals surface area contributed by atoms with E-state index in [0.717, 1.165) is 42.9 Å². The van der Waals surface area contributed by atoms with Gasteiger partial charge in [-0.25, -0.2) is 0 Å². The van der Waals surface area contributed by atoms with Crippen LogP contribution >= 0.6 is 0 Å². The van der Waals surface area contributed by atoms with Crippen LogP contribution in [-0.4, -0.2) is 49.0 Å². The van der Waals surface area contributed by atoms with E-state index in [1.165, 1.54) is 5.56 Å². The number of rotatable bonds is 8. The summed E-state index contributed by atoms with van der Waals surface area (Å²) < 4.78 is 5.83. The second kappa shape index (κ2) is 11.8. The number of benzene rings is 3. The molecule has 4 rings (SSSR count). The summed E-state index contributed by atoms with van der Waals surface area (Å²) >= 11 is 0. The largest absolute Gasteiger partial charge is 0.491 e. The van der Waals surface area contributed by atoms with Crippen molar-refractivity contribution in [2.75, 3.05) is 36.4 Å². The van der Waals surface area contributed by atoms with E-state index in [2.05, 4.69) is 24.1 Å². The summed E-state index contributed by atoms with van der Waals surface area (Å²) in [7, 11) is 0. The van der Waals surface area contributed by atoms with E-state index in [4.69, 9.17) is 4.74 Å². The van der Waals surface area contributed by atoms with E-state index in [1.807, 2.05) is 72.5 Å². The lowest BCUT2D eigenvalue weighted by molar-refractivity contribution is 0.0746. The minimum Gasteiger partial charge on any atom is -0.491 e. The molecule has 0 aromatic heterocycles. The van der Waals surface area contributed by atoms with Gasteiger partial charge in [-0.3, -0.25) is 9.59 Å². The van der Waals surface area contributed by atoms with E-state index >= 15 is 0 Å². The van der Waals surface area contributed by atoms with Crippen molar-refractivity contribution in [1.82, 2.24) is 4.90 Å². The zero-order valence-electron chi connectivity index (χ0n) is 21.4. The number of nitrogens with one attached hydrogen (secondary N) is 1. The van der Waals surface area contributed by atoms with E-state index in [-0.39, 0.29) is 17.9 Å². The van der Waals surface area contributed by atoms with Crippen molar-refractivity contribution in [3.05, 3.63) is 89.5 Å². The standard InChI is InChI=1S/C30H35N3O3/c1-4-22(3)36-28-8-6-7-25(21-28)29(34)31-26-13-15-27(16-14-26)32-17-19-33(20-18-32)30(35)24-11-9-23(5-2)10-12-24/h6-16,21-22H,4-5,17-20H2,1-3H3,(H,31,34)/t22-/m1/s1. The number of aryl methyl sites for hydroxylation is 1. The lowest BCUT2D eigenvalue weighted by Crippen LogP contribution is -2.48. The Hall–Kier alpha value is -3.80. The van der Waals surface area contributed by atoms with Crippen molar-refractivity contribution >= 4 is 23.2 Å². The Labute approximate surface area is 213 Å². The number of carbonyl (C=O) groups is 2. The summed E-state index contributed by atoms with van der Waals surface area (Å²) in [5.41, 5.74) is 4.36. The molecule has 3 aromatic rings. The molecule has 188 valence electrons. The number of piperazine rings is 1. The minimum absolute atomic E-state index is 0.0917. The van der Waals surface area contributed by atoms with Gasteiger partial charge in [0.15, 0.2) is 0 Å². The second-order valence-corrected chi connectivity index (χ2v) is 9.20. The summed E-state index contributed by atoms with van der Waals surface area (Å²) in [5, 5.41) is 2.97. The molecule has 0 bridgehead atoms. The molecule has 0 aliphatic carbocycles. The van der Waals surface area contributed by atoms with Gasteiger partial charge < -0.3 is 19.9 Å². The first-order valence-corrected chi connectivity index (χ1v) is 12.8. The molecule has 1 aliphatic heterocycles. The highest BCUT2D eigenvalue weighted by Crippen LogP contribution is 2.22. The predicted octanol–water partition coefficient (Wildman–Crippen LogP) is 5.64. The lowest BCUT2D eigenvalue weighted by Gasteiger charge is -2.36. The van der Waals surface area contributed by atoms with Gasteiger partial charge in [0.25, 0.3) is 11.8 Å². The Morgan fingerprint density at radius 2 is 1.58 bits per heavy atom. The van der Waals surface area contributed by atoms with Crippen molar-refractivity contribution in [2.45, 2.75) is 39.7 Å². The highest BCUT2D eigenvalue weighted by Gasteiger charge is 2.22. The number of hydrogen-bond donors (Lipinski definition) is 1. The first-order valence-electron chi connectivity index (χ1n) is 12.8. The van der Waals surface area contributed by atoms with E-state index < -0.39 is 0 Å². The molecule has 0 saturated carbocycles. The summed E-state index contributed by atoms with van der Waals surface area (Å²) in [6.45, 7) is 9.10. The molecule has 36 heavy (non-hydrogen) atoms. The SMILES string of the molecule is CCc1ccc(C(=O)N2CCN(c3ccc(NC(=O)c4cccc(O[C@H](C)CC)c4)cc3)CC2)cc1. The van der Waals surface area contributed by atoms with Crippen molar-refractivity contribution in [3.63, 3.8) is 0 Å². The molecule has 1 heterocycles. The Kier molecular flexibility index (Phi) is 8.26. The van der Waals surface area contributed by atoms with Gasteiger partial charge in [0.1, 0.15) is 5.75 Å². The number of hydrogen-bond acceptors (Lipinski definition) is 4. The average Bonchev–Trinajstić information content (AvgIpc) is 2.93. The summed E-state index contributed by atoms with van der Waals surface area (Å²) in [6, 6.07) is 23.0. The van der Waals surface area contributed by atoms with Crippen LogP contribution in [0, 0.1) is 0 Å². The Morgan fingerprint density at radius 1 is 0.889 bits per heavy atom. The Bertz CT molecular complexity index is 1170. The maximum Gasteiger partial charge on any atom is 0.255 e. The van der Waals surface area contributed by atoms with Gasteiger partial charge in [-0.2, -0.15) is 0 Å². The number of nitrogens with zero attached hydrogens (tertiary/aromatic N) is 2. The van der Waals surface area contributed by atoms with Crippen LogP contribution in [0.3, 0.4) is 0 Å². The molecule has 1 saturated heterocycles. The molecule has 1 atom stereocenters. The highest BCUT2D eigenvalue weighted by atomic mass is 16.5. The quantitative estimate of drug-likeness (QED) is 0.448. The van der Waals surface area contributed by atoms with Crippen LogP contribution in [0.4, 0.5) is 11.4 Å². The molecule has 1 N–H and O–H groups in total. The van der Waals surface area contributed by atoms with Crippen LogP contribution in [0.1, 0.15) is 53.5 Å². The highest BCUT2D eigenvalue weighted by molar-refractivity contribution is 6.04. The van der Waals surface area contributed by atoms with E-state index in [0.29, 0.717) is 24.4 Å². The molecule has 2 amide bonds. The average molecular weight is 486 g/mol. The van der Waals surface area contributed by atoms with Gasteiger partial charge >= 0.3 is 0 Å². The maximum atomic E-state index is 12.9. The number of carbonyl (C=O) groups excluding carboxylic acids is 2. The molecule has 0 radical (unpaired) electrons. The summed E-state index contributed by atoms with van der Waals surface area (Å²) in [4.78, 5) is 29.8. The second-order valence-electron chi connectivity index (χ2n) is 9.20. The first-order chi connectivity index (χ1) is 17.5. The predicted molar refractivity (Wildman–Crippen MR) is 145 cm³/mol. The van der Waals surface area contributed by atoms with Gasteiger partial charge in [0.05, 0.1) is 6.10 Å². The summed E-state index contributed by atoms with van der Waals surface area (Å²) in [6.07, 6.45) is 1.97. The smallest absolute Gasteiger partial charge is 0.255 e. The fourth-order valence-electron chi connectivity index (χ4n) is 4.22. The third kappa shape index (κ3) is 6.25. The number of amides is 2. The number of ether oxygens (including phenoxy) is 1. The maximum absolute atomic E-state index is 12.9. The minimum atomic E-state index is -0.170. The molecule has 3 aromatic carbocycles. The molecule has 1 fully saturated rings. The first kappa shape index (κ1) is 25.3. The van der Waals surface area contributed by atoms with E-state index in [9.17, 15) is 9.59 Å². The van der Waals surface area contributed by atoms with Crippen molar-refractivity contribution < 1.29 is 14.3 Å². The topological polar surface area (TPSA) is 61.9 Å². The van der Waals surface area contributed by atoms with Crippen LogP contribution < -0.4 is 15.0 Å². The van der Waals surface area contributed by atoms with Crippen LogP contribution in [0.5, 0.6) is 5.75 Å². The monoisotopic (exact) mass is 485 g/mol. The molecule has 6 nitrogen and oxygen atoms in total. The van der Waals surface area contributed by atoms with Crippen LogP contribution in [0.2, 0.25) is 0 Å². The van der Waals surface area contributed by atoms with E-state index in [1.54, 1.807) is 12.1 Å². The third-order valence-corrected chi connectivity index (χ3v) is 6.67. The molecular formula is C30H35N3O3. The molecule has 0 unspecified atom stereocenters. The van der Waals surface area contributed by atoms with Gasteiger partial charge in [0, 0.05) is 48.7 Å². The van der Waals surface area contributed by atoms with Crippen LogP contribution in [0.25, 0.3) is 0 Å². The van der Waals surface area contributed by atoms with Gasteiger partial charge in [0.2, 0.25) is 0 Å². The Balaban J connectivity index is 1.31. The fraction of sp³-hybridized carbons (Fsp3) is 0.333. The molecule has 1 aliphatic rings. The lowest BCUT2D eigenvalue weighted by atomic mass is 10.1. The molecular weight excluding hydrogens is 450 g/mol. The van der Waals surface area contributed by atoms with Crippen molar-refractivity contribution in [1.29, 1.82) is 0 Å². The fourth-order valence-corrected chi connectivity index (χ4v) is 4.22.